The molecule has 0 saturated carbocycles. The van der Waals surface area contributed by atoms with Crippen LogP contribution in [0.1, 0.15) is 18.4 Å². The predicted molar refractivity (Wildman–Crippen MR) is 92.4 cm³/mol. The van der Waals surface area contributed by atoms with Crippen LogP contribution in [0.25, 0.3) is 11.0 Å². The third kappa shape index (κ3) is 3.46. The van der Waals surface area contributed by atoms with Crippen molar-refractivity contribution in [2.75, 3.05) is 13.1 Å². The van der Waals surface area contributed by atoms with Crippen LogP contribution in [-0.4, -0.2) is 30.0 Å². The van der Waals surface area contributed by atoms with E-state index >= 15 is 0 Å². The highest BCUT2D eigenvalue weighted by molar-refractivity contribution is 6.41. The summed E-state index contributed by atoms with van der Waals surface area (Å²) in [4.78, 5) is 25.0. The standard InChI is InChI=1S/C18H18ClNO4/c1-11-9-17(21)24-16-10-14(3-4-15(11)16)23-13-5-7-20(8-6-13)18(22)12(2)19/h3-4,9-10,13H,2,5-8H2,1H3. The third-order valence-corrected chi connectivity index (χ3v) is 4.35. The zero-order valence-electron chi connectivity index (χ0n) is 13.4. The van der Waals surface area contributed by atoms with Gasteiger partial charge in [-0.1, -0.05) is 18.2 Å². The highest BCUT2D eigenvalue weighted by Crippen LogP contribution is 2.25. The Hall–Kier alpha value is -2.27. The van der Waals surface area contributed by atoms with Crippen LogP contribution in [0, 0.1) is 6.92 Å². The van der Waals surface area contributed by atoms with Crippen molar-refractivity contribution in [3.05, 3.63) is 51.9 Å². The summed E-state index contributed by atoms with van der Waals surface area (Å²) in [5.74, 6) is 0.431. The molecule has 0 spiro atoms. The van der Waals surface area contributed by atoms with E-state index in [0.717, 1.165) is 10.9 Å². The van der Waals surface area contributed by atoms with E-state index < -0.39 is 0 Å². The first-order valence-electron chi connectivity index (χ1n) is 7.79. The van der Waals surface area contributed by atoms with E-state index in [1.54, 1.807) is 11.0 Å². The van der Waals surface area contributed by atoms with E-state index in [1.165, 1.54) is 6.07 Å². The Bertz CT molecular complexity index is 850. The average molecular weight is 348 g/mol. The molecule has 1 aromatic carbocycles. The number of rotatable bonds is 3. The summed E-state index contributed by atoms with van der Waals surface area (Å²) < 4.78 is 11.2. The smallest absolute Gasteiger partial charge is 0.336 e. The third-order valence-electron chi connectivity index (χ3n) is 4.19. The molecule has 2 aromatic rings. The van der Waals surface area contributed by atoms with Crippen molar-refractivity contribution in [2.24, 2.45) is 0 Å². The van der Waals surface area contributed by atoms with Crippen LogP contribution in [0.2, 0.25) is 0 Å². The first-order valence-corrected chi connectivity index (χ1v) is 8.16. The molecule has 1 amide bonds. The first kappa shape index (κ1) is 16.6. The lowest BCUT2D eigenvalue weighted by atomic mass is 10.1. The van der Waals surface area contributed by atoms with Crippen LogP contribution in [-0.2, 0) is 4.79 Å². The maximum atomic E-state index is 11.8. The van der Waals surface area contributed by atoms with Gasteiger partial charge in [-0.3, -0.25) is 4.79 Å². The quantitative estimate of drug-likeness (QED) is 0.632. The molecule has 3 rings (SSSR count). The van der Waals surface area contributed by atoms with Crippen LogP contribution < -0.4 is 10.4 Å². The molecule has 0 radical (unpaired) electrons. The highest BCUT2D eigenvalue weighted by Gasteiger charge is 2.24. The van der Waals surface area contributed by atoms with E-state index in [0.29, 0.717) is 37.3 Å². The van der Waals surface area contributed by atoms with Gasteiger partial charge in [-0.25, -0.2) is 4.79 Å². The Balaban J connectivity index is 1.69. The van der Waals surface area contributed by atoms with Crippen molar-refractivity contribution in [3.63, 3.8) is 0 Å². The van der Waals surface area contributed by atoms with E-state index in [-0.39, 0.29) is 22.7 Å². The molecular formula is C18H18ClNO4. The number of nitrogens with zero attached hydrogens (tertiary/aromatic N) is 1. The molecule has 1 aliphatic heterocycles. The summed E-state index contributed by atoms with van der Waals surface area (Å²) in [7, 11) is 0. The minimum atomic E-state index is -0.370. The zero-order valence-corrected chi connectivity index (χ0v) is 14.1. The molecule has 1 saturated heterocycles. The van der Waals surface area contributed by atoms with Crippen molar-refractivity contribution in [1.29, 1.82) is 0 Å². The molecule has 126 valence electrons. The second kappa shape index (κ2) is 6.69. The van der Waals surface area contributed by atoms with Gasteiger partial charge in [0.05, 0.1) is 5.03 Å². The number of likely N-dealkylation sites (tertiary alicyclic amines) is 1. The number of hydrogen-bond donors (Lipinski definition) is 0. The molecule has 2 heterocycles. The molecule has 1 aromatic heterocycles. The first-order chi connectivity index (χ1) is 11.4. The fourth-order valence-electron chi connectivity index (χ4n) is 2.92. The molecular weight excluding hydrogens is 330 g/mol. The lowest BCUT2D eigenvalue weighted by Gasteiger charge is -2.32. The van der Waals surface area contributed by atoms with Gasteiger partial charge in [-0.15, -0.1) is 0 Å². The summed E-state index contributed by atoms with van der Waals surface area (Å²) >= 11 is 5.66. The normalized spacial score (nSPS) is 15.5. The van der Waals surface area contributed by atoms with Crippen LogP contribution in [0.3, 0.4) is 0 Å². The fourth-order valence-corrected chi connectivity index (χ4v) is 3.04. The van der Waals surface area contributed by atoms with E-state index in [2.05, 4.69) is 6.58 Å². The topological polar surface area (TPSA) is 59.8 Å². The molecule has 5 nitrogen and oxygen atoms in total. The minimum Gasteiger partial charge on any atom is -0.490 e. The molecule has 1 fully saturated rings. The highest BCUT2D eigenvalue weighted by atomic mass is 35.5. The van der Waals surface area contributed by atoms with Crippen LogP contribution >= 0.6 is 11.6 Å². The number of ether oxygens (including phenoxy) is 1. The Morgan fingerprint density at radius 3 is 2.71 bits per heavy atom. The summed E-state index contributed by atoms with van der Waals surface area (Å²) in [6, 6.07) is 6.97. The molecule has 24 heavy (non-hydrogen) atoms. The van der Waals surface area contributed by atoms with Crippen molar-refractivity contribution >= 4 is 28.5 Å². The number of carbonyl (C=O) groups excluding carboxylic acids is 1. The van der Waals surface area contributed by atoms with Crippen molar-refractivity contribution in [2.45, 2.75) is 25.9 Å². The number of halogens is 1. The number of fused-ring (bicyclic) bond motifs is 1. The maximum absolute atomic E-state index is 11.8. The van der Waals surface area contributed by atoms with Gasteiger partial charge in [-0.05, 0) is 24.6 Å². The Labute approximate surface area is 144 Å². The van der Waals surface area contributed by atoms with Gasteiger partial charge in [0.15, 0.2) is 0 Å². The van der Waals surface area contributed by atoms with Gasteiger partial charge >= 0.3 is 5.63 Å². The van der Waals surface area contributed by atoms with Gasteiger partial charge in [0.2, 0.25) is 0 Å². The van der Waals surface area contributed by atoms with Crippen LogP contribution in [0.15, 0.2) is 45.1 Å². The van der Waals surface area contributed by atoms with Crippen LogP contribution in [0.4, 0.5) is 0 Å². The van der Waals surface area contributed by atoms with E-state index in [1.807, 2.05) is 19.1 Å². The molecule has 0 atom stereocenters. The van der Waals surface area contributed by atoms with Gasteiger partial charge in [-0.2, -0.15) is 0 Å². The van der Waals surface area contributed by atoms with Crippen LogP contribution in [0.5, 0.6) is 5.75 Å². The molecule has 0 N–H and O–H groups in total. The summed E-state index contributed by atoms with van der Waals surface area (Å²) in [5.41, 5.74) is 1.02. The lowest BCUT2D eigenvalue weighted by Crippen LogP contribution is -2.41. The Kier molecular flexibility index (Phi) is 4.62. The SMILES string of the molecule is C=C(Cl)C(=O)N1CCC(Oc2ccc3c(C)cc(=O)oc3c2)CC1. The van der Waals surface area contributed by atoms with Gasteiger partial charge in [0.25, 0.3) is 5.91 Å². The Morgan fingerprint density at radius 2 is 2.04 bits per heavy atom. The predicted octanol–water partition coefficient (Wildman–Crippen LogP) is 3.22. The summed E-state index contributed by atoms with van der Waals surface area (Å²) in [6.45, 7) is 6.50. The van der Waals surface area contributed by atoms with E-state index in [9.17, 15) is 9.59 Å². The lowest BCUT2D eigenvalue weighted by molar-refractivity contribution is -0.128. The monoisotopic (exact) mass is 347 g/mol. The average Bonchev–Trinajstić information content (AvgIpc) is 2.54. The summed E-state index contributed by atoms with van der Waals surface area (Å²) in [5, 5.41) is 0.928. The number of benzene rings is 1. The van der Waals surface area contributed by atoms with Crippen molar-refractivity contribution in [1.82, 2.24) is 4.90 Å². The Morgan fingerprint density at radius 1 is 1.33 bits per heavy atom. The minimum absolute atomic E-state index is 0.00613. The zero-order chi connectivity index (χ0) is 17.3. The van der Waals surface area contributed by atoms with Gasteiger partial charge in [0, 0.05) is 43.5 Å². The number of piperidine rings is 1. The molecule has 1 aliphatic rings. The number of hydrogen-bond acceptors (Lipinski definition) is 4. The van der Waals surface area contributed by atoms with Crippen molar-refractivity contribution < 1.29 is 13.9 Å². The largest absolute Gasteiger partial charge is 0.490 e. The molecule has 0 bridgehead atoms. The molecule has 6 heteroatoms. The molecule has 0 unspecified atom stereocenters. The van der Waals surface area contributed by atoms with Gasteiger partial charge < -0.3 is 14.1 Å². The fraction of sp³-hybridized carbons (Fsp3) is 0.333. The molecule has 0 aliphatic carbocycles. The number of amides is 1. The second-order valence-corrected chi connectivity index (χ2v) is 6.38. The summed E-state index contributed by atoms with van der Waals surface area (Å²) in [6.07, 6.45) is 1.43. The number of carbonyl (C=O) groups is 1. The van der Waals surface area contributed by atoms with Crippen molar-refractivity contribution in [3.8, 4) is 5.75 Å². The maximum Gasteiger partial charge on any atom is 0.336 e. The number of aryl methyl sites for hydroxylation is 1. The van der Waals surface area contributed by atoms with E-state index in [4.69, 9.17) is 20.8 Å². The second-order valence-electron chi connectivity index (χ2n) is 5.92. The van der Waals surface area contributed by atoms with Gasteiger partial charge in [0.1, 0.15) is 17.4 Å².